The van der Waals surface area contributed by atoms with E-state index < -0.39 is 21.0 Å². The Morgan fingerprint density at radius 3 is 2.55 bits per heavy atom. The Labute approximate surface area is 140 Å². The summed E-state index contributed by atoms with van der Waals surface area (Å²) in [5.41, 5.74) is 6.07. The van der Waals surface area contributed by atoms with Crippen molar-refractivity contribution in [3.8, 4) is 11.1 Å². The van der Waals surface area contributed by atoms with E-state index in [1.54, 1.807) is 15.5 Å². The predicted molar refractivity (Wildman–Crippen MR) is 92.5 cm³/mol. The molecule has 4 rings (SSSR count). The number of allylic oxidation sites excluding steroid dienone is 4. The molecule has 0 amide bonds. The molecule has 0 fully saturated rings. The third-order valence-electron chi connectivity index (χ3n) is 4.71. The fraction of sp³-hybridized carbons (Fsp3) is 0.190. The van der Waals surface area contributed by atoms with Crippen LogP contribution in [0.3, 0.4) is 0 Å². The van der Waals surface area contributed by atoms with Gasteiger partial charge in [-0.2, -0.15) is 0 Å². The molecule has 0 radical (unpaired) electrons. The number of rotatable bonds is 2. The van der Waals surface area contributed by atoms with Crippen molar-refractivity contribution in [1.29, 1.82) is 0 Å². The Hall–Kier alpha value is -1.34. The molecule has 2 aromatic carbocycles. The second kappa shape index (κ2) is 5.70. The molecule has 0 spiro atoms. The van der Waals surface area contributed by atoms with Gasteiger partial charge in [-0.15, -0.1) is 0 Å². The van der Waals surface area contributed by atoms with Gasteiger partial charge in [-0.1, -0.05) is 0 Å². The van der Waals surface area contributed by atoms with Crippen molar-refractivity contribution in [3.63, 3.8) is 0 Å². The van der Waals surface area contributed by atoms with Gasteiger partial charge in [0.25, 0.3) is 0 Å². The van der Waals surface area contributed by atoms with Crippen LogP contribution in [0.15, 0.2) is 64.0 Å². The van der Waals surface area contributed by atoms with Crippen molar-refractivity contribution in [2.75, 3.05) is 0 Å². The molecule has 0 unspecified atom stereocenters. The Morgan fingerprint density at radius 1 is 0.955 bits per heavy atom. The quantitative estimate of drug-likeness (QED) is 0.502. The van der Waals surface area contributed by atoms with E-state index in [1.165, 1.54) is 23.1 Å². The summed E-state index contributed by atoms with van der Waals surface area (Å²) < 4.78 is 5.16. The Kier molecular flexibility index (Phi) is 3.69. The first kappa shape index (κ1) is 14.3. The van der Waals surface area contributed by atoms with E-state index in [1.807, 2.05) is 0 Å². The van der Waals surface area contributed by atoms with Crippen LogP contribution in [0.4, 0.5) is 0 Å². The SMILES string of the molecule is C[C](C)=[Hf]([C]1=CC=CC1)[c]1cccc2c1Cc1ccccc1-2. The molecule has 0 bridgehead atoms. The summed E-state index contributed by atoms with van der Waals surface area (Å²) in [6.45, 7) is 4.73. The van der Waals surface area contributed by atoms with Crippen LogP contribution < -0.4 is 3.32 Å². The van der Waals surface area contributed by atoms with E-state index in [-0.39, 0.29) is 0 Å². The zero-order valence-corrected chi connectivity index (χ0v) is 16.8. The van der Waals surface area contributed by atoms with Crippen molar-refractivity contribution in [3.05, 3.63) is 75.1 Å². The van der Waals surface area contributed by atoms with E-state index >= 15 is 0 Å². The van der Waals surface area contributed by atoms with Gasteiger partial charge in [0.15, 0.2) is 0 Å². The van der Waals surface area contributed by atoms with Crippen LogP contribution in [0.2, 0.25) is 0 Å². The van der Waals surface area contributed by atoms with Gasteiger partial charge in [-0.3, -0.25) is 0 Å². The normalized spacial score (nSPS) is 14.5. The van der Waals surface area contributed by atoms with Crippen molar-refractivity contribution in [1.82, 2.24) is 0 Å². The van der Waals surface area contributed by atoms with Gasteiger partial charge in [0.2, 0.25) is 0 Å². The second-order valence-corrected chi connectivity index (χ2v) is 16.9. The van der Waals surface area contributed by atoms with Crippen LogP contribution >= 0.6 is 0 Å². The van der Waals surface area contributed by atoms with Gasteiger partial charge in [0.1, 0.15) is 0 Å². The first-order valence-electron chi connectivity index (χ1n) is 8.00. The van der Waals surface area contributed by atoms with E-state index in [9.17, 15) is 0 Å². The number of benzene rings is 2. The molecule has 2 aromatic rings. The van der Waals surface area contributed by atoms with Crippen molar-refractivity contribution >= 4 is 6.58 Å². The first-order chi connectivity index (χ1) is 10.8. The predicted octanol–water partition coefficient (Wildman–Crippen LogP) is 4.56. The summed E-state index contributed by atoms with van der Waals surface area (Å²) >= 11 is -2.05. The van der Waals surface area contributed by atoms with E-state index in [0.717, 1.165) is 6.42 Å². The molecule has 0 aliphatic heterocycles. The van der Waals surface area contributed by atoms with Gasteiger partial charge in [0, 0.05) is 0 Å². The third kappa shape index (κ3) is 2.27. The zero-order valence-electron chi connectivity index (χ0n) is 13.2. The first-order valence-corrected chi connectivity index (χ1v) is 13.4. The third-order valence-corrected chi connectivity index (χ3v) is 15.6. The average molecular weight is 451 g/mol. The molecule has 108 valence electrons. The molecule has 22 heavy (non-hydrogen) atoms. The fourth-order valence-corrected chi connectivity index (χ4v) is 14.2. The molecule has 0 nitrogen and oxygen atoms in total. The van der Waals surface area contributed by atoms with Gasteiger partial charge < -0.3 is 0 Å². The molecule has 0 aromatic heterocycles. The van der Waals surface area contributed by atoms with E-state index in [4.69, 9.17) is 0 Å². The maximum absolute atomic E-state index is 2.43. The summed E-state index contributed by atoms with van der Waals surface area (Å²) in [5, 5.41) is 0. The summed E-state index contributed by atoms with van der Waals surface area (Å²) in [7, 11) is 0. The summed E-state index contributed by atoms with van der Waals surface area (Å²) in [6, 6.07) is 16.0. The van der Waals surface area contributed by atoms with Crippen LogP contribution in [0.25, 0.3) is 11.1 Å². The zero-order chi connectivity index (χ0) is 15.1. The second-order valence-electron chi connectivity index (χ2n) is 6.36. The topological polar surface area (TPSA) is 0 Å². The standard InChI is InChI=1S/C13H9.C5H5.C3H6.Hf/c1-3-7-12-10(5-1)9-11-6-2-4-8-13(11)12;1-2-4-5-3-1;1-3-2;/h1-5,7-8H,9H2;1-3H,4H2;1-2H3;. The van der Waals surface area contributed by atoms with Crippen LogP contribution in [-0.2, 0) is 27.4 Å². The van der Waals surface area contributed by atoms with Crippen LogP contribution in [-0.4, -0.2) is 3.26 Å². The Bertz CT molecular complexity index is 846. The van der Waals surface area contributed by atoms with Crippen LogP contribution in [0, 0.1) is 0 Å². The monoisotopic (exact) mass is 452 g/mol. The fourth-order valence-electron chi connectivity index (χ4n) is 3.79. The van der Waals surface area contributed by atoms with Gasteiger partial charge in [-0.25, -0.2) is 0 Å². The molecule has 0 saturated heterocycles. The molecule has 2 aliphatic carbocycles. The summed E-state index contributed by atoms with van der Waals surface area (Å²) in [6.07, 6.45) is 9.28. The molecular formula is C21H20Hf. The molecular weight excluding hydrogens is 431 g/mol. The van der Waals surface area contributed by atoms with Gasteiger partial charge >= 0.3 is 140 Å². The van der Waals surface area contributed by atoms with Crippen molar-refractivity contribution in [2.45, 2.75) is 26.7 Å². The summed E-state index contributed by atoms with van der Waals surface area (Å²) in [5.74, 6) is 0. The van der Waals surface area contributed by atoms with E-state index in [0.29, 0.717) is 0 Å². The van der Waals surface area contributed by atoms with Gasteiger partial charge in [0.05, 0.1) is 0 Å². The van der Waals surface area contributed by atoms with Crippen LogP contribution in [0.5, 0.6) is 0 Å². The minimum atomic E-state index is -2.05. The number of fused-ring (bicyclic) bond motifs is 3. The average Bonchev–Trinajstić information content (AvgIpc) is 3.15. The molecule has 0 atom stereocenters. The Morgan fingerprint density at radius 2 is 1.77 bits per heavy atom. The number of hydrogen-bond donors (Lipinski definition) is 0. The van der Waals surface area contributed by atoms with Crippen LogP contribution in [0.1, 0.15) is 31.4 Å². The Balaban J connectivity index is 1.90. The molecule has 1 heteroatoms. The number of hydrogen-bond acceptors (Lipinski definition) is 0. The van der Waals surface area contributed by atoms with Gasteiger partial charge in [-0.05, 0) is 0 Å². The molecule has 0 saturated carbocycles. The molecule has 2 aliphatic rings. The minimum absolute atomic E-state index is 1.13. The maximum atomic E-state index is 2.43. The van der Waals surface area contributed by atoms with Crippen molar-refractivity contribution in [2.24, 2.45) is 0 Å². The summed E-state index contributed by atoms with van der Waals surface area (Å²) in [4.78, 5) is 0. The molecule has 0 N–H and O–H groups in total. The van der Waals surface area contributed by atoms with Crippen molar-refractivity contribution < 1.29 is 21.0 Å². The molecule has 0 heterocycles. The van der Waals surface area contributed by atoms with E-state index in [2.05, 4.69) is 74.5 Å².